The number of sulfonamides is 1. The molecule has 0 aromatic carbocycles. The second kappa shape index (κ2) is 3.77. The number of halogens is 1. The molecule has 0 spiro atoms. The van der Waals surface area contributed by atoms with Gasteiger partial charge in [-0.3, -0.25) is 4.72 Å². The zero-order chi connectivity index (χ0) is 9.03. The third-order valence-corrected chi connectivity index (χ3v) is 2.72. The van der Waals surface area contributed by atoms with Gasteiger partial charge in [-0.05, 0) is 0 Å². The second-order valence-corrected chi connectivity index (χ2v) is 4.21. The van der Waals surface area contributed by atoms with Gasteiger partial charge in [-0.25, -0.2) is 8.42 Å². The van der Waals surface area contributed by atoms with Gasteiger partial charge in [0.25, 0.3) is 0 Å². The van der Waals surface area contributed by atoms with Crippen molar-refractivity contribution in [3.8, 4) is 0 Å². The van der Waals surface area contributed by atoms with Crippen molar-refractivity contribution >= 4 is 27.4 Å². The summed E-state index contributed by atoms with van der Waals surface area (Å²) in [6.45, 7) is 0. The van der Waals surface area contributed by atoms with Crippen LogP contribution in [0.2, 0.25) is 0 Å². The van der Waals surface area contributed by atoms with E-state index in [4.69, 9.17) is 11.6 Å². The maximum Gasteiger partial charge on any atom is 0.235 e. The summed E-state index contributed by atoms with van der Waals surface area (Å²) in [4.78, 5) is 0. The average molecular weight is 211 g/mol. The number of anilines is 1. The van der Waals surface area contributed by atoms with Crippen molar-refractivity contribution in [2.24, 2.45) is 0 Å². The fraction of sp³-hybridized carbons (Fsp3) is 0.400. The Morgan fingerprint density at radius 1 is 1.67 bits per heavy atom. The highest BCUT2D eigenvalue weighted by Gasteiger charge is 2.10. The topological polar surface area (TPSA) is 72.2 Å². The summed E-state index contributed by atoms with van der Waals surface area (Å²) in [6.07, 6.45) is 1.28. The lowest BCUT2D eigenvalue weighted by atomic mass is 10.7. The van der Waals surface area contributed by atoms with Crippen molar-refractivity contribution in [2.75, 3.05) is 16.4 Å². The van der Waals surface area contributed by atoms with Gasteiger partial charge < -0.3 is 4.52 Å². The van der Waals surface area contributed by atoms with Gasteiger partial charge in [0.15, 0.2) is 5.82 Å². The second-order valence-electron chi connectivity index (χ2n) is 1.99. The van der Waals surface area contributed by atoms with Gasteiger partial charge in [-0.15, -0.1) is 11.6 Å². The number of nitrogens with zero attached hydrogens (tertiary/aromatic N) is 1. The number of aromatic nitrogens is 1. The Labute approximate surface area is 74.7 Å². The molecule has 5 nitrogen and oxygen atoms in total. The van der Waals surface area contributed by atoms with E-state index in [2.05, 4.69) is 14.4 Å². The number of nitrogens with one attached hydrogen (secondary N) is 1. The lowest BCUT2D eigenvalue weighted by molar-refractivity contribution is 0.423. The van der Waals surface area contributed by atoms with Gasteiger partial charge in [-0.1, -0.05) is 5.16 Å². The molecule has 0 radical (unpaired) electrons. The molecule has 0 unspecified atom stereocenters. The Bertz CT molecular complexity index is 320. The van der Waals surface area contributed by atoms with Crippen molar-refractivity contribution in [3.05, 3.63) is 12.3 Å². The van der Waals surface area contributed by atoms with Crippen LogP contribution in [0.5, 0.6) is 0 Å². The molecule has 1 rings (SSSR count). The van der Waals surface area contributed by atoms with Crippen LogP contribution in [-0.4, -0.2) is 25.2 Å². The van der Waals surface area contributed by atoms with Crippen LogP contribution in [0.3, 0.4) is 0 Å². The first kappa shape index (κ1) is 9.34. The molecule has 0 saturated carbocycles. The predicted octanol–water partition coefficient (Wildman–Crippen LogP) is 0.655. The van der Waals surface area contributed by atoms with Crippen LogP contribution in [0.1, 0.15) is 0 Å². The standard InChI is InChI=1S/C5H7ClN2O3S/c6-2-4-12(9,10)8-5-1-3-11-7-5/h1,3H,2,4H2,(H,7,8). The molecule has 68 valence electrons. The van der Waals surface area contributed by atoms with Crippen molar-refractivity contribution in [1.82, 2.24) is 5.16 Å². The van der Waals surface area contributed by atoms with Gasteiger partial charge in [0, 0.05) is 11.9 Å². The third-order valence-electron chi connectivity index (χ3n) is 1.04. The lowest BCUT2D eigenvalue weighted by Crippen LogP contribution is -2.17. The third kappa shape index (κ3) is 2.71. The van der Waals surface area contributed by atoms with E-state index in [1.165, 1.54) is 12.3 Å². The molecule has 0 saturated heterocycles. The fourth-order valence-electron chi connectivity index (χ4n) is 0.577. The molecule has 12 heavy (non-hydrogen) atoms. The number of hydrogen-bond donors (Lipinski definition) is 1. The Kier molecular flexibility index (Phi) is 2.93. The van der Waals surface area contributed by atoms with E-state index in [0.29, 0.717) is 0 Å². The minimum Gasteiger partial charge on any atom is -0.363 e. The Morgan fingerprint density at radius 3 is 2.92 bits per heavy atom. The van der Waals surface area contributed by atoms with Crippen LogP contribution >= 0.6 is 11.6 Å². The molecular weight excluding hydrogens is 204 g/mol. The Morgan fingerprint density at radius 2 is 2.42 bits per heavy atom. The largest absolute Gasteiger partial charge is 0.363 e. The molecule has 0 atom stereocenters. The summed E-state index contributed by atoms with van der Waals surface area (Å²) in [7, 11) is -3.36. The highest BCUT2D eigenvalue weighted by molar-refractivity contribution is 7.92. The Balaban J connectivity index is 2.63. The molecular formula is C5H7ClN2O3S. The highest BCUT2D eigenvalue weighted by atomic mass is 35.5. The van der Waals surface area contributed by atoms with Gasteiger partial charge in [-0.2, -0.15) is 0 Å². The molecule has 0 aliphatic carbocycles. The summed E-state index contributed by atoms with van der Waals surface area (Å²) in [5.41, 5.74) is 0. The number of alkyl halides is 1. The van der Waals surface area contributed by atoms with Gasteiger partial charge in [0.2, 0.25) is 10.0 Å². The minimum atomic E-state index is -3.36. The molecule has 1 aromatic heterocycles. The number of rotatable bonds is 4. The average Bonchev–Trinajstić information content (AvgIpc) is 2.38. The van der Waals surface area contributed by atoms with Crippen LogP contribution in [0.15, 0.2) is 16.9 Å². The van der Waals surface area contributed by atoms with Gasteiger partial charge in [0.1, 0.15) is 6.26 Å². The first-order valence-electron chi connectivity index (χ1n) is 3.11. The fourth-order valence-corrected chi connectivity index (χ4v) is 1.92. The molecule has 1 aromatic rings. The summed E-state index contributed by atoms with van der Waals surface area (Å²) in [6, 6.07) is 1.41. The van der Waals surface area contributed by atoms with Crippen LogP contribution in [0.4, 0.5) is 5.82 Å². The molecule has 1 N–H and O–H groups in total. The molecule has 1 heterocycles. The van der Waals surface area contributed by atoms with Gasteiger partial charge in [0.05, 0.1) is 5.75 Å². The quantitative estimate of drug-likeness (QED) is 0.741. The van der Waals surface area contributed by atoms with Crippen LogP contribution in [0.25, 0.3) is 0 Å². The zero-order valence-electron chi connectivity index (χ0n) is 6.03. The monoisotopic (exact) mass is 210 g/mol. The van der Waals surface area contributed by atoms with E-state index in [1.54, 1.807) is 0 Å². The summed E-state index contributed by atoms with van der Waals surface area (Å²) >= 11 is 5.26. The minimum absolute atomic E-state index is 0.0488. The highest BCUT2D eigenvalue weighted by Crippen LogP contribution is 2.04. The molecule has 0 amide bonds. The first-order valence-corrected chi connectivity index (χ1v) is 5.29. The van der Waals surface area contributed by atoms with Crippen molar-refractivity contribution in [1.29, 1.82) is 0 Å². The maximum atomic E-state index is 11.0. The van der Waals surface area contributed by atoms with Crippen LogP contribution in [0, 0.1) is 0 Å². The van der Waals surface area contributed by atoms with Crippen molar-refractivity contribution in [2.45, 2.75) is 0 Å². The summed E-state index contributed by atoms with van der Waals surface area (Å²) in [5.74, 6) is 0.0781. The first-order chi connectivity index (χ1) is 5.64. The smallest absolute Gasteiger partial charge is 0.235 e. The van der Waals surface area contributed by atoms with E-state index < -0.39 is 10.0 Å². The predicted molar refractivity (Wildman–Crippen MR) is 44.6 cm³/mol. The van der Waals surface area contributed by atoms with E-state index in [9.17, 15) is 8.42 Å². The zero-order valence-corrected chi connectivity index (χ0v) is 7.60. The molecule has 7 heteroatoms. The molecule has 0 aliphatic heterocycles. The molecule has 0 bridgehead atoms. The SMILES string of the molecule is O=S(=O)(CCCl)Nc1ccon1. The Hall–Kier alpha value is -0.750. The van der Waals surface area contributed by atoms with Crippen molar-refractivity contribution < 1.29 is 12.9 Å². The lowest BCUT2D eigenvalue weighted by Gasteiger charge is -2.00. The van der Waals surface area contributed by atoms with E-state index in [-0.39, 0.29) is 17.5 Å². The summed E-state index contributed by atoms with van der Waals surface area (Å²) in [5, 5.41) is 3.38. The van der Waals surface area contributed by atoms with Crippen LogP contribution in [-0.2, 0) is 10.0 Å². The van der Waals surface area contributed by atoms with Gasteiger partial charge >= 0.3 is 0 Å². The van der Waals surface area contributed by atoms with E-state index >= 15 is 0 Å². The molecule has 0 fully saturated rings. The van der Waals surface area contributed by atoms with Crippen LogP contribution < -0.4 is 4.72 Å². The normalized spacial score (nSPS) is 11.4. The van der Waals surface area contributed by atoms with E-state index in [1.807, 2.05) is 0 Å². The number of hydrogen-bond acceptors (Lipinski definition) is 4. The molecule has 0 aliphatic rings. The van der Waals surface area contributed by atoms with Crippen molar-refractivity contribution in [3.63, 3.8) is 0 Å². The summed E-state index contributed by atoms with van der Waals surface area (Å²) < 4.78 is 28.7. The maximum absolute atomic E-state index is 11.0. The van der Waals surface area contributed by atoms with E-state index in [0.717, 1.165) is 0 Å².